The first-order valence-corrected chi connectivity index (χ1v) is 8.92. The van der Waals surface area contributed by atoms with Crippen LogP contribution in [-0.4, -0.2) is 32.1 Å². The second-order valence-corrected chi connectivity index (χ2v) is 5.91. The fraction of sp³-hybridized carbons (Fsp3) is 0.579. The van der Waals surface area contributed by atoms with Crippen LogP contribution in [0.5, 0.6) is 0 Å². The molecule has 0 bridgehead atoms. The third kappa shape index (κ3) is 10.6. The molecule has 1 aromatic carbocycles. The summed E-state index contributed by atoms with van der Waals surface area (Å²) in [5, 5.41) is 6.48. The molecule has 0 unspecified atom stereocenters. The van der Waals surface area contributed by atoms with Crippen molar-refractivity contribution in [3.8, 4) is 0 Å². The van der Waals surface area contributed by atoms with E-state index in [4.69, 9.17) is 4.74 Å². The summed E-state index contributed by atoms with van der Waals surface area (Å²) in [6, 6.07) is 5.09. The zero-order chi connectivity index (χ0) is 18.5. The van der Waals surface area contributed by atoms with E-state index in [9.17, 15) is 9.18 Å². The van der Waals surface area contributed by atoms with Crippen LogP contribution in [0.1, 0.15) is 50.2 Å². The van der Waals surface area contributed by atoms with Crippen molar-refractivity contribution in [2.24, 2.45) is 4.99 Å². The number of nitrogens with one attached hydrogen (secondary N) is 2. The molecular formula is C19H31FIN3O2. The smallest absolute Gasteiger partial charge is 0.305 e. The van der Waals surface area contributed by atoms with Gasteiger partial charge in [-0.25, -0.2) is 4.39 Å². The molecule has 5 nitrogen and oxygen atoms in total. The average molecular weight is 479 g/mol. The normalized spacial score (nSPS) is 10.8. The van der Waals surface area contributed by atoms with Gasteiger partial charge in [0.1, 0.15) is 5.82 Å². The second kappa shape index (κ2) is 14.8. The average Bonchev–Trinajstić information content (AvgIpc) is 2.60. The Morgan fingerprint density at radius 3 is 2.58 bits per heavy atom. The van der Waals surface area contributed by atoms with Gasteiger partial charge in [-0.1, -0.05) is 25.0 Å². The topological polar surface area (TPSA) is 62.7 Å². The maximum absolute atomic E-state index is 13.3. The van der Waals surface area contributed by atoms with Gasteiger partial charge in [-0.3, -0.25) is 9.79 Å². The van der Waals surface area contributed by atoms with Crippen molar-refractivity contribution in [3.05, 3.63) is 35.1 Å². The van der Waals surface area contributed by atoms with Gasteiger partial charge in [-0.15, -0.1) is 24.0 Å². The Balaban J connectivity index is 0.00000625. The van der Waals surface area contributed by atoms with Gasteiger partial charge >= 0.3 is 5.97 Å². The lowest BCUT2D eigenvalue weighted by Crippen LogP contribution is -2.37. The van der Waals surface area contributed by atoms with Crippen molar-refractivity contribution < 1.29 is 13.9 Å². The molecule has 0 aliphatic heterocycles. The molecule has 1 rings (SSSR count). The summed E-state index contributed by atoms with van der Waals surface area (Å²) in [6.45, 7) is 5.45. The lowest BCUT2D eigenvalue weighted by atomic mass is 10.1. The van der Waals surface area contributed by atoms with Crippen LogP contribution >= 0.6 is 24.0 Å². The van der Waals surface area contributed by atoms with Crippen LogP contribution in [0.3, 0.4) is 0 Å². The van der Waals surface area contributed by atoms with Gasteiger partial charge in [-0.05, 0) is 43.9 Å². The van der Waals surface area contributed by atoms with Crippen LogP contribution in [-0.2, 0) is 16.1 Å². The van der Waals surface area contributed by atoms with Crippen LogP contribution in [0.2, 0.25) is 0 Å². The monoisotopic (exact) mass is 479 g/mol. The SMILES string of the molecule is CCOC(=O)CCCCCCNC(=NC)NCc1ccc(F)c(C)c1.I. The molecule has 0 saturated heterocycles. The molecule has 0 atom stereocenters. The molecular weight excluding hydrogens is 448 g/mol. The summed E-state index contributed by atoms with van der Waals surface area (Å²) in [4.78, 5) is 15.4. The number of aliphatic imine (C=N–C) groups is 1. The quantitative estimate of drug-likeness (QED) is 0.176. The van der Waals surface area contributed by atoms with Crippen molar-refractivity contribution in [2.45, 2.75) is 52.5 Å². The Hall–Kier alpha value is -1.38. The van der Waals surface area contributed by atoms with Crippen LogP contribution in [0.15, 0.2) is 23.2 Å². The first kappa shape index (κ1) is 24.6. The van der Waals surface area contributed by atoms with Crippen LogP contribution in [0.4, 0.5) is 4.39 Å². The molecule has 0 aliphatic rings. The Morgan fingerprint density at radius 1 is 1.19 bits per heavy atom. The Morgan fingerprint density at radius 2 is 1.92 bits per heavy atom. The molecule has 0 spiro atoms. The highest BCUT2D eigenvalue weighted by molar-refractivity contribution is 14.0. The van der Waals surface area contributed by atoms with Crippen LogP contribution in [0, 0.1) is 12.7 Å². The molecule has 0 amide bonds. The van der Waals surface area contributed by atoms with E-state index < -0.39 is 0 Å². The number of nitrogens with zero attached hydrogens (tertiary/aromatic N) is 1. The molecule has 0 heterocycles. The van der Waals surface area contributed by atoms with E-state index in [-0.39, 0.29) is 35.8 Å². The molecule has 0 aromatic heterocycles. The summed E-state index contributed by atoms with van der Waals surface area (Å²) in [7, 11) is 1.73. The van der Waals surface area contributed by atoms with Crippen molar-refractivity contribution in [2.75, 3.05) is 20.2 Å². The lowest BCUT2D eigenvalue weighted by molar-refractivity contribution is -0.143. The zero-order valence-electron chi connectivity index (χ0n) is 15.9. The maximum atomic E-state index is 13.3. The van der Waals surface area contributed by atoms with Gasteiger partial charge < -0.3 is 15.4 Å². The number of guanidine groups is 1. The second-order valence-electron chi connectivity index (χ2n) is 5.91. The predicted molar refractivity (Wildman–Crippen MR) is 114 cm³/mol. The third-order valence-electron chi connectivity index (χ3n) is 3.81. The first-order chi connectivity index (χ1) is 12.1. The zero-order valence-corrected chi connectivity index (χ0v) is 18.3. The van der Waals surface area contributed by atoms with E-state index in [1.807, 2.05) is 13.0 Å². The number of benzene rings is 1. The van der Waals surface area contributed by atoms with E-state index >= 15 is 0 Å². The van der Waals surface area contributed by atoms with Gasteiger partial charge in [0.2, 0.25) is 0 Å². The number of rotatable bonds is 10. The minimum atomic E-state index is -0.186. The van der Waals surface area contributed by atoms with Crippen LogP contribution in [0.25, 0.3) is 0 Å². The van der Waals surface area contributed by atoms with Crippen molar-refractivity contribution in [3.63, 3.8) is 0 Å². The lowest BCUT2D eigenvalue weighted by Gasteiger charge is -2.12. The number of halogens is 2. The van der Waals surface area contributed by atoms with E-state index in [1.165, 1.54) is 6.07 Å². The number of aryl methyl sites for hydroxylation is 1. The summed E-state index contributed by atoms with van der Waals surface area (Å²) in [6.07, 6.45) is 4.46. The standard InChI is InChI=1S/C19H30FN3O2.HI/c1-4-25-18(24)9-7-5-6-8-12-22-19(21-3)23-14-16-10-11-17(20)15(2)13-16;/h10-11,13H,4-9,12,14H2,1-3H3,(H2,21,22,23);1H. The largest absolute Gasteiger partial charge is 0.466 e. The number of hydrogen-bond acceptors (Lipinski definition) is 3. The highest BCUT2D eigenvalue weighted by Crippen LogP contribution is 2.08. The van der Waals surface area contributed by atoms with E-state index in [1.54, 1.807) is 20.0 Å². The Bertz CT molecular complexity index is 568. The molecule has 0 fully saturated rings. The fourth-order valence-corrected chi connectivity index (χ4v) is 2.41. The molecule has 7 heteroatoms. The number of hydrogen-bond donors (Lipinski definition) is 2. The van der Waals surface area contributed by atoms with Gasteiger partial charge in [0.05, 0.1) is 6.61 Å². The molecule has 148 valence electrons. The summed E-state index contributed by atoms with van der Waals surface area (Å²) in [5.74, 6) is 0.434. The molecule has 0 saturated carbocycles. The number of ether oxygens (including phenoxy) is 1. The third-order valence-corrected chi connectivity index (χ3v) is 3.81. The molecule has 26 heavy (non-hydrogen) atoms. The predicted octanol–water partition coefficient (Wildman–Crippen LogP) is 3.93. The maximum Gasteiger partial charge on any atom is 0.305 e. The van der Waals surface area contributed by atoms with Crippen molar-refractivity contribution in [1.82, 2.24) is 10.6 Å². The van der Waals surface area contributed by atoms with Gasteiger partial charge in [0, 0.05) is 26.6 Å². The molecule has 0 radical (unpaired) electrons. The summed E-state index contributed by atoms with van der Waals surface area (Å²) >= 11 is 0. The van der Waals surface area contributed by atoms with Crippen molar-refractivity contribution in [1.29, 1.82) is 0 Å². The number of carbonyl (C=O) groups excluding carboxylic acids is 1. The number of unbranched alkanes of at least 4 members (excludes halogenated alkanes) is 3. The van der Waals surface area contributed by atoms with Gasteiger partial charge in [0.25, 0.3) is 0 Å². The summed E-state index contributed by atoms with van der Waals surface area (Å²) < 4.78 is 18.2. The molecule has 2 N–H and O–H groups in total. The highest BCUT2D eigenvalue weighted by Gasteiger charge is 2.02. The molecule has 1 aromatic rings. The molecule has 0 aliphatic carbocycles. The Kier molecular flexibility index (Phi) is 14.0. The fourth-order valence-electron chi connectivity index (χ4n) is 2.41. The van der Waals surface area contributed by atoms with Crippen LogP contribution < -0.4 is 10.6 Å². The highest BCUT2D eigenvalue weighted by atomic mass is 127. The first-order valence-electron chi connectivity index (χ1n) is 8.92. The van der Waals surface area contributed by atoms with Crippen molar-refractivity contribution >= 4 is 35.9 Å². The van der Waals surface area contributed by atoms with Gasteiger partial charge in [-0.2, -0.15) is 0 Å². The van der Waals surface area contributed by atoms with E-state index in [2.05, 4.69) is 15.6 Å². The number of esters is 1. The minimum Gasteiger partial charge on any atom is -0.466 e. The van der Waals surface area contributed by atoms with E-state index in [0.29, 0.717) is 25.1 Å². The number of carbonyl (C=O) groups is 1. The summed E-state index contributed by atoms with van der Waals surface area (Å²) in [5.41, 5.74) is 1.66. The minimum absolute atomic E-state index is 0. The Labute approximate surface area is 173 Å². The van der Waals surface area contributed by atoms with E-state index in [0.717, 1.165) is 43.8 Å². The van der Waals surface area contributed by atoms with Gasteiger partial charge in [0.15, 0.2) is 5.96 Å².